The number of carbonyl (C=O) groups is 1. The van der Waals surface area contributed by atoms with Gasteiger partial charge < -0.3 is 9.84 Å². The van der Waals surface area contributed by atoms with Gasteiger partial charge in [-0.25, -0.2) is 9.78 Å². The van der Waals surface area contributed by atoms with E-state index in [4.69, 9.17) is 9.84 Å². The summed E-state index contributed by atoms with van der Waals surface area (Å²) in [6, 6.07) is 8.64. The van der Waals surface area contributed by atoms with Crippen LogP contribution in [0.2, 0.25) is 0 Å². The van der Waals surface area contributed by atoms with E-state index in [0.29, 0.717) is 0 Å². The lowest BCUT2D eigenvalue weighted by atomic mass is 10.3. The van der Waals surface area contributed by atoms with Crippen LogP contribution < -0.4 is 4.74 Å². The first kappa shape index (κ1) is 11.1. The van der Waals surface area contributed by atoms with E-state index < -0.39 is 5.97 Å². The van der Waals surface area contributed by atoms with Gasteiger partial charge in [-0.05, 0) is 24.3 Å². The third-order valence-electron chi connectivity index (χ3n) is 2.07. The summed E-state index contributed by atoms with van der Waals surface area (Å²) in [5.74, 6) is -0.868. The van der Waals surface area contributed by atoms with Crippen LogP contribution in [0.4, 0.5) is 0 Å². The molecule has 0 aliphatic rings. The summed E-state index contributed by atoms with van der Waals surface area (Å²) >= 11 is 0. The van der Waals surface area contributed by atoms with E-state index in [2.05, 4.69) is 9.97 Å². The van der Waals surface area contributed by atoms with Gasteiger partial charge in [0.1, 0.15) is 6.61 Å². The average molecular weight is 230 g/mol. The van der Waals surface area contributed by atoms with Crippen molar-refractivity contribution in [3.8, 4) is 5.75 Å². The van der Waals surface area contributed by atoms with Crippen LogP contribution in [-0.4, -0.2) is 21.0 Å². The van der Waals surface area contributed by atoms with E-state index >= 15 is 0 Å². The van der Waals surface area contributed by atoms with E-state index in [0.717, 1.165) is 5.69 Å². The van der Waals surface area contributed by atoms with E-state index in [1.807, 2.05) is 6.07 Å². The molecule has 0 saturated heterocycles. The Morgan fingerprint density at radius 2 is 2.00 bits per heavy atom. The molecule has 5 nitrogen and oxygen atoms in total. The molecule has 0 bridgehead atoms. The topological polar surface area (TPSA) is 72.3 Å². The fourth-order valence-electron chi connectivity index (χ4n) is 1.30. The van der Waals surface area contributed by atoms with Crippen LogP contribution in [0.5, 0.6) is 5.75 Å². The smallest absolute Gasteiger partial charge is 0.358 e. The van der Waals surface area contributed by atoms with Crippen LogP contribution in [0.25, 0.3) is 0 Å². The third-order valence-corrected chi connectivity index (χ3v) is 2.07. The quantitative estimate of drug-likeness (QED) is 0.866. The second-order valence-electron chi connectivity index (χ2n) is 3.27. The third kappa shape index (κ3) is 2.78. The lowest BCUT2D eigenvalue weighted by molar-refractivity contribution is 0.0684. The Morgan fingerprint density at radius 1 is 1.18 bits per heavy atom. The number of aromatic nitrogens is 2. The van der Waals surface area contributed by atoms with Gasteiger partial charge in [0, 0.05) is 12.4 Å². The molecule has 0 radical (unpaired) electrons. The molecule has 86 valence electrons. The summed E-state index contributed by atoms with van der Waals surface area (Å²) in [5.41, 5.74) is 0.635. The molecule has 2 aromatic rings. The highest BCUT2D eigenvalue weighted by Crippen LogP contribution is 2.16. The van der Waals surface area contributed by atoms with Crippen molar-refractivity contribution in [2.75, 3.05) is 0 Å². The number of hydrogen-bond donors (Lipinski definition) is 1. The fraction of sp³-hybridized carbons (Fsp3) is 0.0833. The van der Waals surface area contributed by atoms with Gasteiger partial charge >= 0.3 is 5.97 Å². The Balaban J connectivity index is 2.12. The zero-order valence-electron chi connectivity index (χ0n) is 8.91. The zero-order chi connectivity index (χ0) is 12.1. The summed E-state index contributed by atoms with van der Waals surface area (Å²) in [5, 5.41) is 8.90. The van der Waals surface area contributed by atoms with Crippen molar-refractivity contribution in [1.29, 1.82) is 0 Å². The fourth-order valence-corrected chi connectivity index (χ4v) is 1.30. The maximum Gasteiger partial charge on any atom is 0.358 e. The molecule has 0 aromatic carbocycles. The molecule has 2 heterocycles. The van der Waals surface area contributed by atoms with Gasteiger partial charge in [0.15, 0.2) is 11.4 Å². The number of carboxylic acids is 1. The van der Waals surface area contributed by atoms with Crippen LogP contribution >= 0.6 is 0 Å². The summed E-state index contributed by atoms with van der Waals surface area (Å²) in [6.45, 7) is 0.215. The number of rotatable bonds is 4. The second-order valence-corrected chi connectivity index (χ2v) is 3.27. The zero-order valence-corrected chi connectivity index (χ0v) is 8.91. The molecule has 5 heteroatoms. The molecule has 0 unspecified atom stereocenters. The highest BCUT2D eigenvalue weighted by molar-refractivity contribution is 5.88. The first-order valence-corrected chi connectivity index (χ1v) is 4.98. The average Bonchev–Trinajstić information content (AvgIpc) is 2.38. The second kappa shape index (κ2) is 5.07. The van der Waals surface area contributed by atoms with Gasteiger partial charge in [-0.15, -0.1) is 0 Å². The van der Waals surface area contributed by atoms with Gasteiger partial charge in [0.2, 0.25) is 0 Å². The van der Waals surface area contributed by atoms with Crippen molar-refractivity contribution in [2.24, 2.45) is 0 Å². The number of carboxylic acid groups (broad SMARTS) is 1. The Bertz CT molecular complexity index is 514. The van der Waals surface area contributed by atoms with E-state index in [-0.39, 0.29) is 18.1 Å². The van der Waals surface area contributed by atoms with Crippen molar-refractivity contribution >= 4 is 5.97 Å². The van der Waals surface area contributed by atoms with E-state index in [1.165, 1.54) is 6.20 Å². The van der Waals surface area contributed by atoms with Gasteiger partial charge in [-0.2, -0.15) is 0 Å². The Hall–Kier alpha value is -2.43. The number of hydrogen-bond acceptors (Lipinski definition) is 4. The summed E-state index contributed by atoms with van der Waals surface area (Å²) in [6.07, 6.45) is 3.07. The van der Waals surface area contributed by atoms with Crippen molar-refractivity contribution in [2.45, 2.75) is 6.61 Å². The van der Waals surface area contributed by atoms with Crippen molar-refractivity contribution in [3.63, 3.8) is 0 Å². The summed E-state index contributed by atoms with van der Waals surface area (Å²) in [7, 11) is 0. The molecule has 0 spiro atoms. The normalized spacial score (nSPS) is 9.88. The Labute approximate surface area is 97.7 Å². The monoisotopic (exact) mass is 230 g/mol. The molecule has 0 fully saturated rings. The number of pyridine rings is 2. The van der Waals surface area contributed by atoms with Gasteiger partial charge in [-0.1, -0.05) is 6.07 Å². The summed E-state index contributed by atoms with van der Waals surface area (Å²) < 4.78 is 5.38. The minimum Gasteiger partial charge on any atom is -0.485 e. The van der Waals surface area contributed by atoms with Crippen LogP contribution in [-0.2, 0) is 6.61 Å². The lowest BCUT2D eigenvalue weighted by Gasteiger charge is -2.07. The van der Waals surface area contributed by atoms with Gasteiger partial charge in [-0.3, -0.25) is 4.98 Å². The number of ether oxygens (including phenoxy) is 1. The molecule has 2 aromatic heterocycles. The summed E-state index contributed by atoms with van der Waals surface area (Å²) in [4.78, 5) is 18.7. The van der Waals surface area contributed by atoms with Crippen LogP contribution in [0, 0.1) is 0 Å². The molecule has 0 amide bonds. The standard InChI is InChI=1S/C12H10N2O3/c15-12(16)11-10(5-3-7-14-11)17-8-9-4-1-2-6-13-9/h1-7H,8H2,(H,15,16). The molecular formula is C12H10N2O3. The molecule has 2 rings (SSSR count). The first-order chi connectivity index (χ1) is 8.27. The molecule has 0 saturated carbocycles. The Morgan fingerprint density at radius 3 is 2.71 bits per heavy atom. The van der Waals surface area contributed by atoms with Crippen LogP contribution in [0.3, 0.4) is 0 Å². The largest absolute Gasteiger partial charge is 0.485 e. The number of aromatic carboxylic acids is 1. The maximum absolute atomic E-state index is 10.9. The van der Waals surface area contributed by atoms with Crippen molar-refractivity contribution in [1.82, 2.24) is 9.97 Å². The highest BCUT2D eigenvalue weighted by atomic mass is 16.5. The minimum absolute atomic E-state index is 0.0940. The molecule has 0 aliphatic carbocycles. The molecule has 0 atom stereocenters. The first-order valence-electron chi connectivity index (χ1n) is 4.98. The predicted molar refractivity (Wildman–Crippen MR) is 59.8 cm³/mol. The van der Waals surface area contributed by atoms with Crippen LogP contribution in [0.1, 0.15) is 16.2 Å². The van der Waals surface area contributed by atoms with E-state index in [9.17, 15) is 4.79 Å². The molecular weight excluding hydrogens is 220 g/mol. The van der Waals surface area contributed by atoms with Crippen LogP contribution in [0.15, 0.2) is 42.7 Å². The lowest BCUT2D eigenvalue weighted by Crippen LogP contribution is -2.06. The van der Waals surface area contributed by atoms with E-state index in [1.54, 1.807) is 30.5 Å². The molecule has 1 N–H and O–H groups in total. The Kier molecular flexibility index (Phi) is 3.30. The minimum atomic E-state index is -1.11. The molecule has 0 aliphatic heterocycles. The predicted octanol–water partition coefficient (Wildman–Crippen LogP) is 1.75. The van der Waals surface area contributed by atoms with Gasteiger partial charge in [0.25, 0.3) is 0 Å². The number of nitrogens with zero attached hydrogens (tertiary/aromatic N) is 2. The van der Waals surface area contributed by atoms with Gasteiger partial charge in [0.05, 0.1) is 5.69 Å². The maximum atomic E-state index is 10.9. The van der Waals surface area contributed by atoms with Crippen molar-refractivity contribution in [3.05, 3.63) is 54.1 Å². The SMILES string of the molecule is O=C(O)c1ncccc1OCc1ccccn1. The van der Waals surface area contributed by atoms with Crippen molar-refractivity contribution < 1.29 is 14.6 Å². The highest BCUT2D eigenvalue weighted by Gasteiger charge is 2.12. The molecule has 17 heavy (non-hydrogen) atoms.